The van der Waals surface area contributed by atoms with E-state index in [0.29, 0.717) is 24.3 Å². The number of hydrogen-bond acceptors (Lipinski definition) is 6. The molecule has 2 fully saturated rings. The Balaban J connectivity index is 1.23. The Bertz CT molecular complexity index is 1290. The first kappa shape index (κ1) is 20.4. The molecular weight excluding hydrogens is 425 g/mol. The monoisotopic (exact) mass is 447 g/mol. The lowest BCUT2D eigenvalue weighted by Gasteiger charge is -2.35. The van der Waals surface area contributed by atoms with Gasteiger partial charge in [-0.25, -0.2) is 4.39 Å². The van der Waals surface area contributed by atoms with Crippen molar-refractivity contribution in [1.29, 1.82) is 0 Å². The van der Waals surface area contributed by atoms with Crippen LogP contribution < -0.4 is 4.74 Å². The third kappa shape index (κ3) is 3.88. The molecule has 1 N–H and O–H groups in total. The molecule has 3 atom stereocenters. The van der Waals surface area contributed by atoms with Gasteiger partial charge < -0.3 is 23.7 Å². The molecule has 6 nitrogen and oxygen atoms in total. The molecule has 3 unspecified atom stereocenters. The summed E-state index contributed by atoms with van der Waals surface area (Å²) in [5.74, 6) is -0.0981. The van der Waals surface area contributed by atoms with E-state index in [4.69, 9.17) is 18.6 Å². The summed E-state index contributed by atoms with van der Waals surface area (Å²) >= 11 is 0. The van der Waals surface area contributed by atoms with Gasteiger partial charge in [0.2, 0.25) is 0 Å². The smallest absolute Gasteiger partial charge is 0.161 e. The van der Waals surface area contributed by atoms with E-state index in [1.165, 1.54) is 12.1 Å². The van der Waals surface area contributed by atoms with E-state index >= 15 is 0 Å². The third-order valence-corrected chi connectivity index (χ3v) is 6.34. The van der Waals surface area contributed by atoms with Gasteiger partial charge >= 0.3 is 0 Å². The van der Waals surface area contributed by atoms with Crippen LogP contribution in [0.1, 0.15) is 24.0 Å². The molecule has 7 heteroatoms. The number of pyridine rings is 1. The lowest BCUT2D eigenvalue weighted by molar-refractivity contribution is -0.159. The number of ether oxygens (including phenoxy) is 3. The number of fused-ring (bicyclic) bond motifs is 3. The number of halogens is 1. The number of nitrogens with zero attached hydrogens (tertiary/aromatic N) is 1. The molecule has 0 saturated carbocycles. The first-order valence-corrected chi connectivity index (χ1v) is 10.9. The van der Waals surface area contributed by atoms with E-state index in [2.05, 4.69) is 4.98 Å². The Kier molecular flexibility index (Phi) is 4.90. The molecular formula is C26H22FNO5. The summed E-state index contributed by atoms with van der Waals surface area (Å²) in [4.78, 5) is 4.48. The van der Waals surface area contributed by atoms with E-state index in [-0.39, 0.29) is 19.1 Å². The van der Waals surface area contributed by atoms with Crippen molar-refractivity contribution < 1.29 is 28.1 Å². The van der Waals surface area contributed by atoms with Crippen molar-refractivity contribution in [2.45, 2.75) is 37.4 Å². The molecule has 0 amide bonds. The van der Waals surface area contributed by atoms with Crippen molar-refractivity contribution in [3.8, 4) is 16.9 Å². The zero-order valence-electron chi connectivity index (χ0n) is 17.7. The summed E-state index contributed by atoms with van der Waals surface area (Å²) in [6, 6.07) is 14.2. The fourth-order valence-electron chi connectivity index (χ4n) is 4.73. The minimum atomic E-state index is -1.21. The normalized spacial score (nSPS) is 24.3. The van der Waals surface area contributed by atoms with Gasteiger partial charge in [-0.15, -0.1) is 0 Å². The molecule has 0 spiro atoms. The lowest BCUT2D eigenvalue weighted by atomic mass is 9.84. The zero-order chi connectivity index (χ0) is 22.4. The Morgan fingerprint density at radius 3 is 2.91 bits per heavy atom. The summed E-state index contributed by atoms with van der Waals surface area (Å²) in [5.41, 5.74) is 3.04. The first-order chi connectivity index (χ1) is 16.1. The maximum absolute atomic E-state index is 14.4. The second-order valence-electron chi connectivity index (χ2n) is 8.65. The second kappa shape index (κ2) is 7.95. The maximum Gasteiger partial charge on any atom is 0.161 e. The van der Waals surface area contributed by atoms with Crippen molar-refractivity contribution in [3.63, 3.8) is 0 Å². The number of aliphatic hydroxyl groups is 1. The Hall–Kier alpha value is -3.26. The zero-order valence-corrected chi connectivity index (χ0v) is 17.7. The van der Waals surface area contributed by atoms with Gasteiger partial charge in [0.1, 0.15) is 18.2 Å². The summed E-state index contributed by atoms with van der Waals surface area (Å²) in [6.45, 7) is 0.691. The van der Waals surface area contributed by atoms with Crippen LogP contribution in [0.5, 0.6) is 5.75 Å². The van der Waals surface area contributed by atoms with E-state index in [1.54, 1.807) is 24.8 Å². The fourth-order valence-corrected chi connectivity index (χ4v) is 4.73. The molecule has 4 heterocycles. The van der Waals surface area contributed by atoms with E-state index in [0.717, 1.165) is 27.6 Å². The summed E-state index contributed by atoms with van der Waals surface area (Å²) in [6.07, 6.45) is 5.10. The van der Waals surface area contributed by atoms with Gasteiger partial charge in [-0.3, -0.25) is 4.98 Å². The number of aromatic nitrogens is 1. The largest absolute Gasteiger partial charge is 0.489 e. The van der Waals surface area contributed by atoms with Crippen LogP contribution in [0.2, 0.25) is 0 Å². The number of benzene rings is 2. The molecule has 2 aromatic carbocycles. The highest BCUT2D eigenvalue weighted by Crippen LogP contribution is 2.42. The standard InChI is InChI=1S/C26H22FNO5/c27-19-8-18(26(29)11-21-15-32-25(12-26)33-21)9-20(10-19)31-13-16-1-2-23-22(17-4-6-30-14-17)3-5-28-24(23)7-16/h1-10,14,21,25,29H,11-13,15H2. The van der Waals surface area contributed by atoms with Gasteiger partial charge in [-0.05, 0) is 47.0 Å². The third-order valence-electron chi connectivity index (χ3n) is 6.34. The first-order valence-electron chi connectivity index (χ1n) is 10.9. The highest BCUT2D eigenvalue weighted by atomic mass is 19.1. The van der Waals surface area contributed by atoms with Crippen LogP contribution in [-0.2, 0) is 21.7 Å². The lowest BCUT2D eigenvalue weighted by Crippen LogP contribution is -2.39. The average molecular weight is 447 g/mol. The van der Waals surface area contributed by atoms with Gasteiger partial charge in [0.25, 0.3) is 0 Å². The molecule has 0 radical (unpaired) electrons. The summed E-state index contributed by atoms with van der Waals surface area (Å²) in [7, 11) is 0. The number of rotatable bonds is 5. The molecule has 2 aliphatic heterocycles. The van der Waals surface area contributed by atoms with Crippen molar-refractivity contribution >= 4 is 10.9 Å². The van der Waals surface area contributed by atoms with Gasteiger partial charge in [0, 0.05) is 36.1 Å². The molecule has 168 valence electrons. The van der Waals surface area contributed by atoms with Crippen LogP contribution in [0, 0.1) is 5.82 Å². The predicted octanol–water partition coefficient (Wildman–Crippen LogP) is 4.94. The van der Waals surface area contributed by atoms with Gasteiger partial charge in [0.15, 0.2) is 6.29 Å². The SMILES string of the molecule is OC1(c2cc(F)cc(OCc3ccc4c(-c5ccoc5)ccnc4c3)c2)CC2COC(C1)O2. The minimum absolute atomic E-state index is 0.182. The predicted molar refractivity (Wildman–Crippen MR) is 118 cm³/mol. The number of hydrogen-bond donors (Lipinski definition) is 1. The van der Waals surface area contributed by atoms with E-state index < -0.39 is 17.7 Å². The van der Waals surface area contributed by atoms with E-state index in [9.17, 15) is 9.50 Å². The van der Waals surface area contributed by atoms with Gasteiger partial charge in [-0.1, -0.05) is 12.1 Å². The minimum Gasteiger partial charge on any atom is -0.489 e. The average Bonchev–Trinajstić information content (AvgIpc) is 3.46. The van der Waals surface area contributed by atoms with Crippen LogP contribution in [0.25, 0.3) is 22.0 Å². The molecule has 2 saturated heterocycles. The van der Waals surface area contributed by atoms with Crippen molar-refractivity contribution in [1.82, 2.24) is 4.98 Å². The topological polar surface area (TPSA) is 74.0 Å². The summed E-state index contributed by atoms with van der Waals surface area (Å²) in [5, 5.41) is 12.2. The molecule has 2 aliphatic rings. The molecule has 2 aromatic heterocycles. The quantitative estimate of drug-likeness (QED) is 0.467. The van der Waals surface area contributed by atoms with Crippen LogP contribution in [0.4, 0.5) is 4.39 Å². The molecule has 4 aromatic rings. The van der Waals surface area contributed by atoms with Crippen LogP contribution in [-0.4, -0.2) is 29.1 Å². The van der Waals surface area contributed by atoms with Crippen molar-refractivity contribution in [2.24, 2.45) is 0 Å². The van der Waals surface area contributed by atoms with Crippen molar-refractivity contribution in [2.75, 3.05) is 6.61 Å². The van der Waals surface area contributed by atoms with E-state index in [1.807, 2.05) is 30.3 Å². The number of furan rings is 1. The second-order valence-corrected chi connectivity index (χ2v) is 8.65. The Morgan fingerprint density at radius 2 is 2.06 bits per heavy atom. The van der Waals surface area contributed by atoms with Gasteiger partial charge in [0.05, 0.1) is 36.4 Å². The maximum atomic E-state index is 14.4. The Labute approximate surface area is 189 Å². The van der Waals surface area contributed by atoms with Crippen LogP contribution >= 0.6 is 0 Å². The van der Waals surface area contributed by atoms with Crippen LogP contribution in [0.15, 0.2) is 71.7 Å². The molecule has 6 rings (SSSR count). The van der Waals surface area contributed by atoms with Crippen molar-refractivity contribution in [3.05, 3.63) is 84.2 Å². The highest BCUT2D eigenvalue weighted by molar-refractivity contribution is 5.94. The van der Waals surface area contributed by atoms with Gasteiger partial charge in [-0.2, -0.15) is 0 Å². The molecule has 0 aliphatic carbocycles. The summed E-state index contributed by atoms with van der Waals surface area (Å²) < 4.78 is 36.7. The molecule has 2 bridgehead atoms. The highest BCUT2D eigenvalue weighted by Gasteiger charge is 2.46. The van der Waals surface area contributed by atoms with Crippen LogP contribution in [0.3, 0.4) is 0 Å². The molecule has 33 heavy (non-hydrogen) atoms. The fraction of sp³-hybridized carbons (Fsp3) is 0.269. The Morgan fingerprint density at radius 1 is 1.12 bits per heavy atom.